The highest BCUT2D eigenvalue weighted by atomic mass is 16.6. The Morgan fingerprint density at radius 3 is 2.44 bits per heavy atom. The molecule has 4 aliphatic carbocycles. The van der Waals surface area contributed by atoms with Crippen LogP contribution < -0.4 is 0 Å². The number of aliphatic hydroxyl groups excluding tert-OH is 1. The van der Waals surface area contributed by atoms with E-state index in [4.69, 9.17) is 4.74 Å². The maximum Gasteiger partial charge on any atom is 0.303 e. The van der Waals surface area contributed by atoms with Crippen LogP contribution in [-0.2, 0) is 14.3 Å². The van der Waals surface area contributed by atoms with Crippen LogP contribution in [0.2, 0.25) is 0 Å². The molecule has 1 N–H and O–H groups in total. The van der Waals surface area contributed by atoms with Crippen LogP contribution in [-0.4, -0.2) is 28.6 Å². The molecule has 4 aliphatic rings. The summed E-state index contributed by atoms with van der Waals surface area (Å²) in [6.45, 7) is 7.64. The molecule has 0 aromatic carbocycles. The minimum Gasteiger partial charge on any atom is -0.451 e. The number of carbonyl (C=O) groups is 2. The lowest BCUT2D eigenvalue weighted by Crippen LogP contribution is -2.58. The largest absolute Gasteiger partial charge is 0.451 e. The summed E-state index contributed by atoms with van der Waals surface area (Å²) in [5.41, 5.74) is 0.442. The molecule has 7 atom stereocenters. The minimum atomic E-state index is -0.942. The third-order valence-corrected chi connectivity index (χ3v) is 9.08. The lowest BCUT2D eigenvalue weighted by molar-refractivity contribution is -0.186. The average Bonchev–Trinajstić information content (AvgIpc) is 2.89. The van der Waals surface area contributed by atoms with Gasteiger partial charge in [0, 0.05) is 12.3 Å². The highest BCUT2D eigenvalue weighted by Crippen LogP contribution is 2.68. The van der Waals surface area contributed by atoms with E-state index in [0.29, 0.717) is 24.2 Å². The first-order valence-electron chi connectivity index (χ1n) is 10.7. The number of ether oxygens (including phenoxy) is 1. The lowest BCUT2D eigenvalue weighted by atomic mass is 9.46. The van der Waals surface area contributed by atoms with Crippen LogP contribution in [0.25, 0.3) is 0 Å². The van der Waals surface area contributed by atoms with Gasteiger partial charge in [0.15, 0.2) is 11.4 Å². The number of fused-ring (bicyclic) bond motifs is 5. The van der Waals surface area contributed by atoms with Gasteiger partial charge in [-0.1, -0.05) is 25.5 Å². The highest BCUT2D eigenvalue weighted by molar-refractivity contribution is 5.89. The molecule has 0 bridgehead atoms. The van der Waals surface area contributed by atoms with Crippen molar-refractivity contribution in [1.82, 2.24) is 0 Å². The quantitative estimate of drug-likeness (QED) is 0.581. The average molecular weight is 375 g/mol. The molecule has 27 heavy (non-hydrogen) atoms. The number of rotatable bonds is 2. The van der Waals surface area contributed by atoms with E-state index in [0.717, 1.165) is 44.9 Å². The van der Waals surface area contributed by atoms with Crippen molar-refractivity contribution in [2.24, 2.45) is 28.6 Å². The number of ketones is 1. The number of Topliss-reactive ketones (excluding diaryl/α,β-unsaturated/α-hetero) is 1. The van der Waals surface area contributed by atoms with Gasteiger partial charge in [0.05, 0.1) is 6.10 Å². The molecular weight excluding hydrogens is 340 g/mol. The van der Waals surface area contributed by atoms with Crippen molar-refractivity contribution in [3.8, 4) is 0 Å². The first-order chi connectivity index (χ1) is 12.6. The lowest BCUT2D eigenvalue weighted by Gasteiger charge is -2.59. The van der Waals surface area contributed by atoms with E-state index in [2.05, 4.69) is 19.9 Å². The van der Waals surface area contributed by atoms with Crippen LogP contribution in [0.5, 0.6) is 0 Å². The van der Waals surface area contributed by atoms with Gasteiger partial charge >= 0.3 is 5.97 Å². The molecule has 0 heterocycles. The van der Waals surface area contributed by atoms with Gasteiger partial charge in [0.25, 0.3) is 0 Å². The van der Waals surface area contributed by atoms with E-state index in [1.165, 1.54) is 12.5 Å². The van der Waals surface area contributed by atoms with Crippen LogP contribution in [0.15, 0.2) is 11.6 Å². The third kappa shape index (κ3) is 2.51. The molecule has 0 aromatic rings. The summed E-state index contributed by atoms with van der Waals surface area (Å²) < 4.78 is 5.82. The summed E-state index contributed by atoms with van der Waals surface area (Å²) in [5.74, 6) is 1.25. The van der Waals surface area contributed by atoms with E-state index in [1.807, 2.05) is 0 Å². The Bertz CT molecular complexity index is 696. The molecular formula is C23H34O4. The number of esters is 1. The maximum absolute atomic E-state index is 12.7. The molecule has 0 radical (unpaired) electrons. The van der Waals surface area contributed by atoms with Crippen LogP contribution in [0.1, 0.15) is 79.1 Å². The highest BCUT2D eigenvalue weighted by Gasteiger charge is 2.67. The molecule has 0 unspecified atom stereocenters. The number of hydrogen-bond acceptors (Lipinski definition) is 4. The summed E-state index contributed by atoms with van der Waals surface area (Å²) in [6, 6.07) is 0. The predicted octanol–water partition coefficient (Wildman–Crippen LogP) is 4.20. The van der Waals surface area contributed by atoms with Crippen molar-refractivity contribution in [1.29, 1.82) is 0 Å². The topological polar surface area (TPSA) is 63.6 Å². The van der Waals surface area contributed by atoms with Gasteiger partial charge in [-0.15, -0.1) is 0 Å². The molecule has 150 valence electrons. The summed E-state index contributed by atoms with van der Waals surface area (Å²) in [5, 5.41) is 10.1. The van der Waals surface area contributed by atoms with Gasteiger partial charge in [-0.2, -0.15) is 0 Å². The fraction of sp³-hybridized carbons (Fsp3) is 0.826. The summed E-state index contributed by atoms with van der Waals surface area (Å²) in [4.78, 5) is 24.6. The molecule has 0 spiro atoms. The predicted molar refractivity (Wildman–Crippen MR) is 103 cm³/mol. The molecule has 4 rings (SSSR count). The standard InChI is InChI=1S/C23H34O4/c1-14(24)23(27-15(2)25)12-9-20-18-6-5-16-13-17(26)7-10-21(16,3)19(18)8-11-22(20,23)4/h5,17-20,26H,6-13H2,1-4H3/t17-,18+,19-,20-,21+,22-,23-/m1/s1. The second kappa shape index (κ2) is 6.17. The Balaban J connectivity index is 1.70. The Morgan fingerprint density at radius 1 is 1.07 bits per heavy atom. The smallest absolute Gasteiger partial charge is 0.303 e. The second-order valence-electron chi connectivity index (χ2n) is 10.1. The van der Waals surface area contributed by atoms with Crippen molar-refractivity contribution in [3.63, 3.8) is 0 Å². The fourth-order valence-electron chi connectivity index (χ4n) is 7.70. The van der Waals surface area contributed by atoms with Gasteiger partial charge in [0.2, 0.25) is 0 Å². The van der Waals surface area contributed by atoms with E-state index in [1.54, 1.807) is 6.92 Å². The zero-order valence-corrected chi connectivity index (χ0v) is 17.2. The van der Waals surface area contributed by atoms with E-state index >= 15 is 0 Å². The zero-order chi connectivity index (χ0) is 19.6. The zero-order valence-electron chi connectivity index (χ0n) is 17.2. The summed E-state index contributed by atoms with van der Waals surface area (Å²) in [7, 11) is 0. The van der Waals surface area contributed by atoms with Gasteiger partial charge in [-0.05, 0) is 81.5 Å². The van der Waals surface area contributed by atoms with Gasteiger partial charge in [-0.25, -0.2) is 0 Å². The molecule has 3 saturated carbocycles. The first-order valence-corrected chi connectivity index (χ1v) is 10.7. The van der Waals surface area contributed by atoms with Gasteiger partial charge < -0.3 is 9.84 Å². The van der Waals surface area contributed by atoms with Crippen molar-refractivity contribution in [2.45, 2.75) is 90.8 Å². The van der Waals surface area contributed by atoms with Crippen molar-refractivity contribution >= 4 is 11.8 Å². The molecule has 0 aromatic heterocycles. The normalized spacial score (nSPS) is 48.7. The maximum atomic E-state index is 12.7. The Morgan fingerprint density at radius 2 is 1.78 bits per heavy atom. The number of carbonyl (C=O) groups excluding carboxylic acids is 2. The van der Waals surface area contributed by atoms with E-state index in [-0.39, 0.29) is 28.7 Å². The molecule has 4 nitrogen and oxygen atoms in total. The SMILES string of the molecule is CC(=O)O[C@@]1(C(C)=O)CC[C@@H]2[C@H]3CC=C4C[C@H](O)CC[C@]4(C)[C@@H]3CC[C@]21C. The number of allylic oxidation sites excluding steroid dienone is 1. The van der Waals surface area contributed by atoms with Crippen molar-refractivity contribution < 1.29 is 19.4 Å². The Hall–Kier alpha value is -1.16. The summed E-state index contributed by atoms with van der Waals surface area (Å²) in [6.07, 6.45) is 9.68. The molecule has 0 saturated heterocycles. The second-order valence-corrected chi connectivity index (χ2v) is 10.1. The van der Waals surface area contributed by atoms with E-state index < -0.39 is 5.60 Å². The molecule has 3 fully saturated rings. The van der Waals surface area contributed by atoms with Gasteiger partial charge in [0.1, 0.15) is 0 Å². The van der Waals surface area contributed by atoms with E-state index in [9.17, 15) is 14.7 Å². The molecule has 0 aliphatic heterocycles. The minimum absolute atomic E-state index is 0.0141. The monoisotopic (exact) mass is 374 g/mol. The number of hydrogen-bond donors (Lipinski definition) is 1. The third-order valence-electron chi connectivity index (χ3n) is 9.08. The number of aliphatic hydroxyl groups is 1. The Labute approximate surface area is 162 Å². The summed E-state index contributed by atoms with van der Waals surface area (Å²) >= 11 is 0. The van der Waals surface area contributed by atoms with Crippen LogP contribution in [0.4, 0.5) is 0 Å². The first kappa shape index (κ1) is 19.2. The Kier molecular flexibility index (Phi) is 4.38. The van der Waals surface area contributed by atoms with Crippen LogP contribution >= 0.6 is 0 Å². The molecule has 0 amide bonds. The van der Waals surface area contributed by atoms with Crippen molar-refractivity contribution in [2.75, 3.05) is 0 Å². The van der Waals surface area contributed by atoms with Crippen molar-refractivity contribution in [3.05, 3.63) is 11.6 Å². The van der Waals surface area contributed by atoms with Gasteiger partial charge in [-0.3, -0.25) is 9.59 Å². The molecule has 4 heteroatoms. The fourth-order valence-corrected chi connectivity index (χ4v) is 7.70. The van der Waals surface area contributed by atoms with Crippen LogP contribution in [0.3, 0.4) is 0 Å². The van der Waals surface area contributed by atoms with Crippen LogP contribution in [0, 0.1) is 28.6 Å².